The van der Waals surface area contributed by atoms with Gasteiger partial charge in [0.15, 0.2) is 0 Å². The molecule has 240 valence electrons. The minimum atomic E-state index is -1.47. The monoisotopic (exact) mass is 692 g/mol. The van der Waals surface area contributed by atoms with Crippen molar-refractivity contribution in [3.8, 4) is 22.9 Å². The molecule has 2 aliphatic rings. The first-order valence-electron chi connectivity index (χ1n) is 14.6. The average molecular weight is 693 g/mol. The fraction of sp³-hybridized carbons (Fsp3) is 0.312. The van der Waals surface area contributed by atoms with Crippen LogP contribution in [0.5, 0.6) is 11.8 Å². The first-order chi connectivity index (χ1) is 22.0. The molecule has 4 aromatic rings. The highest BCUT2D eigenvalue weighted by molar-refractivity contribution is 9.10. The van der Waals surface area contributed by atoms with Gasteiger partial charge in [0.2, 0.25) is 11.8 Å². The van der Waals surface area contributed by atoms with Crippen LogP contribution in [0.3, 0.4) is 0 Å². The van der Waals surface area contributed by atoms with Gasteiger partial charge in [0.1, 0.15) is 0 Å². The third kappa shape index (κ3) is 7.69. The Kier molecular flexibility index (Phi) is 11.4. The fourth-order valence-electron chi connectivity index (χ4n) is 5.84. The van der Waals surface area contributed by atoms with Crippen molar-refractivity contribution in [2.24, 2.45) is 0 Å². The summed E-state index contributed by atoms with van der Waals surface area (Å²) in [4.78, 5) is 29.9. The maximum Gasteiger partial charge on any atom is 0.488 e. The lowest BCUT2D eigenvalue weighted by Crippen LogP contribution is -2.29. The van der Waals surface area contributed by atoms with Crippen LogP contribution < -0.4 is 14.9 Å². The van der Waals surface area contributed by atoms with Crippen LogP contribution in [0.4, 0.5) is 11.4 Å². The van der Waals surface area contributed by atoms with Gasteiger partial charge in [-0.15, -0.1) is 0 Å². The number of hydrogen-bond acceptors (Lipinski definition) is 10. The van der Waals surface area contributed by atoms with Gasteiger partial charge in [0.25, 0.3) is 11.4 Å². The Balaban J connectivity index is 0.000000167. The first-order valence-corrected chi connectivity index (χ1v) is 15.4. The van der Waals surface area contributed by atoms with E-state index in [2.05, 4.69) is 38.0 Å². The summed E-state index contributed by atoms with van der Waals surface area (Å²) < 4.78 is 10.5. The predicted molar refractivity (Wildman–Crippen MR) is 178 cm³/mol. The number of halogens is 1. The standard InChI is InChI=1S/C16H16N2O3.C10H10BrNO2.C6H8BNO3/c1-10-8-11-4-3-5-13(11)16(18(19)20)15(10)12-6-7-17-14(9-12)21-2;1-6-5-7-3-2-4-8(7)10(9(6)11)12(13)14;1-11-6-4-5(7(9)10)2-3-8-6/h6-9H,3-5H2,1-2H3;5H,2-4H2,1H3;2-4,9-10H,1H3. The van der Waals surface area contributed by atoms with Crippen molar-refractivity contribution in [3.05, 3.63) is 107 Å². The largest absolute Gasteiger partial charge is 0.488 e. The normalized spacial score (nSPS) is 12.5. The zero-order chi connectivity index (χ0) is 33.5. The molecule has 0 unspecified atom stereocenters. The number of benzene rings is 2. The first kappa shape index (κ1) is 34.5. The Morgan fingerprint density at radius 3 is 1.85 bits per heavy atom. The molecular weight excluding hydrogens is 659 g/mol. The number of methoxy groups -OCH3 is 2. The molecule has 2 aliphatic carbocycles. The van der Waals surface area contributed by atoms with Crippen molar-refractivity contribution in [3.63, 3.8) is 0 Å². The molecule has 0 bridgehead atoms. The number of aromatic nitrogens is 2. The van der Waals surface area contributed by atoms with Gasteiger partial charge in [0, 0.05) is 35.7 Å². The Hall–Kier alpha value is -4.40. The van der Waals surface area contributed by atoms with E-state index in [0.717, 1.165) is 77.5 Å². The minimum absolute atomic E-state index is 0.246. The molecule has 2 aromatic heterocycles. The molecule has 0 amide bonds. The molecule has 0 radical (unpaired) electrons. The molecule has 0 fully saturated rings. The molecule has 6 rings (SSSR count). The smallest absolute Gasteiger partial charge is 0.481 e. The zero-order valence-electron chi connectivity index (χ0n) is 25.9. The number of nitro groups is 2. The second-order valence-corrected chi connectivity index (χ2v) is 11.7. The summed E-state index contributed by atoms with van der Waals surface area (Å²) in [5.41, 5.74) is 8.31. The van der Waals surface area contributed by atoms with Crippen molar-refractivity contribution in [1.82, 2.24) is 9.97 Å². The Morgan fingerprint density at radius 2 is 1.30 bits per heavy atom. The van der Waals surface area contributed by atoms with Crippen LogP contribution in [-0.2, 0) is 25.7 Å². The second kappa shape index (κ2) is 15.3. The number of nitro benzene ring substituents is 2. The summed E-state index contributed by atoms with van der Waals surface area (Å²) in [5, 5.41) is 40.0. The SMILES string of the molecule is COc1cc(-c2c(C)cc3c(c2[N+](=O)[O-])CCC3)ccn1.COc1cc(B(O)O)ccn1.Cc1cc2c(c([N+](=O)[O-])c1Br)CCC2. The maximum atomic E-state index is 11.6. The molecule has 46 heavy (non-hydrogen) atoms. The number of aryl methyl sites for hydroxylation is 4. The zero-order valence-corrected chi connectivity index (χ0v) is 27.5. The van der Waals surface area contributed by atoms with E-state index in [1.165, 1.54) is 32.5 Å². The van der Waals surface area contributed by atoms with Gasteiger partial charge in [-0.3, -0.25) is 20.2 Å². The summed E-state index contributed by atoms with van der Waals surface area (Å²) in [5.74, 6) is 0.831. The predicted octanol–water partition coefficient (Wildman–Crippen LogP) is 5.39. The summed E-state index contributed by atoms with van der Waals surface area (Å²) >= 11 is 3.29. The number of rotatable bonds is 6. The van der Waals surface area contributed by atoms with Gasteiger partial charge in [-0.25, -0.2) is 9.97 Å². The minimum Gasteiger partial charge on any atom is -0.481 e. The Morgan fingerprint density at radius 1 is 0.783 bits per heavy atom. The number of hydrogen-bond donors (Lipinski definition) is 2. The van der Waals surface area contributed by atoms with Crippen LogP contribution in [0, 0.1) is 34.1 Å². The number of nitrogens with zero attached hydrogens (tertiary/aromatic N) is 4. The van der Waals surface area contributed by atoms with Gasteiger partial charge < -0.3 is 19.5 Å². The molecular formula is C32H34BBrN4O8. The molecule has 12 nitrogen and oxygen atoms in total. The Bertz CT molecular complexity index is 1770. The molecule has 2 heterocycles. The third-order valence-electron chi connectivity index (χ3n) is 7.92. The van der Waals surface area contributed by atoms with Crippen molar-refractivity contribution in [2.75, 3.05) is 14.2 Å². The molecule has 0 spiro atoms. The van der Waals surface area contributed by atoms with Crippen molar-refractivity contribution >= 4 is 39.9 Å². The van der Waals surface area contributed by atoms with Crippen molar-refractivity contribution < 1.29 is 29.4 Å². The van der Waals surface area contributed by atoms with Gasteiger partial charge in [-0.05, 0) is 114 Å². The molecule has 2 N–H and O–H groups in total. The maximum absolute atomic E-state index is 11.6. The molecule has 14 heteroatoms. The number of ether oxygens (including phenoxy) is 2. The molecule has 0 saturated heterocycles. The van der Waals surface area contributed by atoms with Gasteiger partial charge >= 0.3 is 7.12 Å². The van der Waals surface area contributed by atoms with E-state index < -0.39 is 7.12 Å². The number of pyridine rings is 2. The van der Waals surface area contributed by atoms with E-state index in [-0.39, 0.29) is 21.2 Å². The highest BCUT2D eigenvalue weighted by atomic mass is 79.9. The molecule has 0 saturated carbocycles. The van der Waals surface area contributed by atoms with Crippen LogP contribution in [0.25, 0.3) is 11.1 Å². The average Bonchev–Trinajstić information content (AvgIpc) is 3.70. The summed E-state index contributed by atoms with van der Waals surface area (Å²) in [6.07, 6.45) is 8.61. The summed E-state index contributed by atoms with van der Waals surface area (Å²) in [7, 11) is 1.54. The van der Waals surface area contributed by atoms with Crippen LogP contribution >= 0.6 is 15.9 Å². The Labute approximate surface area is 275 Å². The molecule has 0 aliphatic heterocycles. The lowest BCUT2D eigenvalue weighted by molar-refractivity contribution is -0.386. The van der Waals surface area contributed by atoms with Crippen molar-refractivity contribution in [1.29, 1.82) is 0 Å². The van der Waals surface area contributed by atoms with Gasteiger partial charge in [0.05, 0.1) is 34.1 Å². The van der Waals surface area contributed by atoms with Crippen molar-refractivity contribution in [2.45, 2.75) is 52.4 Å². The topological polar surface area (TPSA) is 171 Å². The van der Waals surface area contributed by atoms with E-state index in [1.807, 2.05) is 13.8 Å². The van der Waals surface area contributed by atoms with Crippen LogP contribution in [0.1, 0.15) is 46.2 Å². The summed E-state index contributed by atoms with van der Waals surface area (Å²) in [6.45, 7) is 3.82. The highest BCUT2D eigenvalue weighted by Gasteiger charge is 2.29. The van der Waals surface area contributed by atoms with E-state index >= 15 is 0 Å². The van der Waals surface area contributed by atoms with E-state index in [4.69, 9.17) is 19.5 Å². The van der Waals surface area contributed by atoms with Crippen LogP contribution in [-0.4, -0.2) is 51.2 Å². The van der Waals surface area contributed by atoms with Crippen LogP contribution in [0.2, 0.25) is 0 Å². The van der Waals surface area contributed by atoms with E-state index in [0.29, 0.717) is 27.3 Å². The number of fused-ring (bicyclic) bond motifs is 2. The summed E-state index contributed by atoms with van der Waals surface area (Å²) in [6, 6.07) is 10.6. The van der Waals surface area contributed by atoms with Crippen LogP contribution in [0.15, 0.2) is 53.3 Å². The highest BCUT2D eigenvalue weighted by Crippen LogP contribution is 2.42. The molecule has 0 atom stereocenters. The lowest BCUT2D eigenvalue weighted by Gasteiger charge is -2.12. The van der Waals surface area contributed by atoms with E-state index in [1.54, 1.807) is 18.3 Å². The lowest BCUT2D eigenvalue weighted by atomic mass is 9.81. The van der Waals surface area contributed by atoms with Gasteiger partial charge in [-0.2, -0.15) is 0 Å². The van der Waals surface area contributed by atoms with Gasteiger partial charge in [-0.1, -0.05) is 12.1 Å². The quantitative estimate of drug-likeness (QED) is 0.152. The second-order valence-electron chi connectivity index (χ2n) is 10.9. The van der Waals surface area contributed by atoms with E-state index in [9.17, 15) is 20.2 Å². The fourth-order valence-corrected chi connectivity index (χ4v) is 6.34. The molecule has 2 aromatic carbocycles. The third-order valence-corrected chi connectivity index (χ3v) is 8.92.